The molecule has 0 saturated carbocycles. The Kier molecular flexibility index (Phi) is 4.79. The zero-order valence-electron chi connectivity index (χ0n) is 11.3. The van der Waals surface area contributed by atoms with Crippen LogP contribution in [-0.4, -0.2) is 18.3 Å². The first kappa shape index (κ1) is 13.6. The average Bonchev–Trinajstić information content (AvgIpc) is 2.41. The van der Waals surface area contributed by atoms with Crippen molar-refractivity contribution in [3.05, 3.63) is 35.9 Å². The lowest BCUT2D eigenvalue weighted by Gasteiger charge is -2.34. The van der Waals surface area contributed by atoms with Gasteiger partial charge in [0, 0.05) is 13.2 Å². The Morgan fingerprint density at radius 3 is 2.50 bits per heavy atom. The molecule has 1 unspecified atom stereocenters. The maximum Gasteiger partial charge on any atom is 0.0899 e. The van der Waals surface area contributed by atoms with Gasteiger partial charge >= 0.3 is 0 Å². The second-order valence-electron chi connectivity index (χ2n) is 5.41. The third-order valence-corrected chi connectivity index (χ3v) is 3.94. The predicted molar refractivity (Wildman–Crippen MR) is 73.4 cm³/mol. The highest BCUT2D eigenvalue weighted by Gasteiger charge is 2.32. The van der Waals surface area contributed by atoms with E-state index in [9.17, 15) is 5.11 Å². The lowest BCUT2D eigenvalue weighted by molar-refractivity contribution is -0.0222. The third kappa shape index (κ3) is 3.33. The highest BCUT2D eigenvalue weighted by Crippen LogP contribution is 2.36. The summed E-state index contributed by atoms with van der Waals surface area (Å²) < 4.78 is 5.40. The molecule has 1 saturated heterocycles. The Balaban J connectivity index is 2.10. The minimum atomic E-state index is -0.655. The van der Waals surface area contributed by atoms with Gasteiger partial charge in [0.05, 0.1) is 5.60 Å². The number of aliphatic hydroxyl groups is 1. The van der Waals surface area contributed by atoms with Gasteiger partial charge in [0.2, 0.25) is 0 Å². The molecule has 0 aromatic heterocycles. The maximum atomic E-state index is 11.0. The van der Waals surface area contributed by atoms with Crippen molar-refractivity contribution < 1.29 is 9.84 Å². The van der Waals surface area contributed by atoms with Crippen LogP contribution in [0.25, 0.3) is 0 Å². The molecule has 1 aromatic rings. The molecule has 1 aromatic carbocycles. The molecule has 2 heteroatoms. The maximum absolute atomic E-state index is 11.0. The van der Waals surface area contributed by atoms with E-state index >= 15 is 0 Å². The van der Waals surface area contributed by atoms with Crippen LogP contribution in [0.3, 0.4) is 0 Å². The van der Waals surface area contributed by atoms with Gasteiger partial charge in [-0.15, -0.1) is 0 Å². The smallest absolute Gasteiger partial charge is 0.0899 e. The second kappa shape index (κ2) is 6.35. The molecule has 0 aliphatic carbocycles. The summed E-state index contributed by atoms with van der Waals surface area (Å²) in [7, 11) is 0. The number of hydrogen-bond donors (Lipinski definition) is 1. The SMILES string of the molecule is CCCC(O)(CC1CCOCC1)c1ccccc1. The van der Waals surface area contributed by atoms with E-state index in [0.717, 1.165) is 50.9 Å². The van der Waals surface area contributed by atoms with Crippen LogP contribution in [0.2, 0.25) is 0 Å². The number of hydrogen-bond acceptors (Lipinski definition) is 2. The summed E-state index contributed by atoms with van der Waals surface area (Å²) in [5.74, 6) is 0.593. The second-order valence-corrected chi connectivity index (χ2v) is 5.41. The molecule has 1 N–H and O–H groups in total. The van der Waals surface area contributed by atoms with Crippen molar-refractivity contribution in [2.75, 3.05) is 13.2 Å². The molecular weight excluding hydrogens is 224 g/mol. The van der Waals surface area contributed by atoms with E-state index in [2.05, 4.69) is 19.1 Å². The molecule has 1 heterocycles. The van der Waals surface area contributed by atoms with Crippen molar-refractivity contribution in [2.45, 2.75) is 44.6 Å². The van der Waals surface area contributed by atoms with Gasteiger partial charge in [0.25, 0.3) is 0 Å². The van der Waals surface area contributed by atoms with Crippen LogP contribution in [0, 0.1) is 5.92 Å². The molecule has 0 radical (unpaired) electrons. The zero-order chi connectivity index (χ0) is 12.8. The van der Waals surface area contributed by atoms with Crippen LogP contribution in [0.5, 0.6) is 0 Å². The van der Waals surface area contributed by atoms with Gasteiger partial charge in [-0.25, -0.2) is 0 Å². The number of rotatable bonds is 5. The summed E-state index contributed by atoms with van der Waals surface area (Å²) in [6.07, 6.45) is 4.88. The van der Waals surface area contributed by atoms with Gasteiger partial charge in [-0.1, -0.05) is 43.7 Å². The Labute approximate surface area is 110 Å². The normalized spacial score (nSPS) is 20.6. The first-order valence-electron chi connectivity index (χ1n) is 7.10. The molecule has 1 aliphatic rings. The molecule has 2 rings (SSSR count). The third-order valence-electron chi connectivity index (χ3n) is 3.94. The minimum absolute atomic E-state index is 0.593. The number of ether oxygens (including phenoxy) is 1. The fraction of sp³-hybridized carbons (Fsp3) is 0.625. The van der Waals surface area contributed by atoms with Gasteiger partial charge in [0.15, 0.2) is 0 Å². The summed E-state index contributed by atoms with van der Waals surface area (Å²) in [5.41, 5.74) is 0.413. The molecule has 0 amide bonds. The van der Waals surface area contributed by atoms with Gasteiger partial charge in [-0.05, 0) is 37.2 Å². The van der Waals surface area contributed by atoms with Crippen molar-refractivity contribution in [3.8, 4) is 0 Å². The van der Waals surface area contributed by atoms with Crippen LogP contribution >= 0.6 is 0 Å². The van der Waals surface area contributed by atoms with Crippen molar-refractivity contribution >= 4 is 0 Å². The lowest BCUT2D eigenvalue weighted by Crippen LogP contribution is -2.31. The quantitative estimate of drug-likeness (QED) is 0.864. The molecule has 0 bridgehead atoms. The van der Waals surface area contributed by atoms with E-state index in [-0.39, 0.29) is 0 Å². The van der Waals surface area contributed by atoms with E-state index in [4.69, 9.17) is 4.74 Å². The zero-order valence-corrected chi connectivity index (χ0v) is 11.3. The van der Waals surface area contributed by atoms with Crippen molar-refractivity contribution in [1.82, 2.24) is 0 Å². The molecule has 18 heavy (non-hydrogen) atoms. The van der Waals surface area contributed by atoms with E-state index in [1.54, 1.807) is 0 Å². The first-order valence-corrected chi connectivity index (χ1v) is 7.10. The van der Waals surface area contributed by atoms with E-state index in [0.29, 0.717) is 5.92 Å². The van der Waals surface area contributed by atoms with Gasteiger partial charge in [0.1, 0.15) is 0 Å². The van der Waals surface area contributed by atoms with Gasteiger partial charge in [-0.2, -0.15) is 0 Å². The summed E-state index contributed by atoms with van der Waals surface area (Å²) in [6, 6.07) is 10.1. The average molecular weight is 248 g/mol. The van der Waals surface area contributed by atoms with Crippen molar-refractivity contribution in [3.63, 3.8) is 0 Å². The highest BCUT2D eigenvalue weighted by molar-refractivity contribution is 5.22. The molecule has 0 spiro atoms. The molecule has 1 aliphatic heterocycles. The first-order chi connectivity index (χ1) is 8.74. The molecule has 1 atom stereocenters. The Bertz CT molecular complexity index is 343. The topological polar surface area (TPSA) is 29.5 Å². The minimum Gasteiger partial charge on any atom is -0.385 e. The van der Waals surface area contributed by atoms with Crippen LogP contribution < -0.4 is 0 Å². The van der Waals surface area contributed by atoms with E-state index < -0.39 is 5.60 Å². The number of benzene rings is 1. The fourth-order valence-corrected chi connectivity index (χ4v) is 2.95. The van der Waals surface area contributed by atoms with Crippen LogP contribution in [-0.2, 0) is 10.3 Å². The summed E-state index contributed by atoms with van der Waals surface area (Å²) in [6.45, 7) is 3.83. The van der Waals surface area contributed by atoms with E-state index in [1.165, 1.54) is 0 Å². The Morgan fingerprint density at radius 2 is 1.89 bits per heavy atom. The summed E-state index contributed by atoms with van der Waals surface area (Å²) in [5, 5.41) is 11.0. The monoisotopic (exact) mass is 248 g/mol. The molecular formula is C16H24O2. The van der Waals surface area contributed by atoms with Crippen LogP contribution in [0.15, 0.2) is 30.3 Å². The predicted octanol–water partition coefficient (Wildman–Crippen LogP) is 3.49. The summed E-state index contributed by atoms with van der Waals surface area (Å²) >= 11 is 0. The van der Waals surface area contributed by atoms with E-state index in [1.807, 2.05) is 18.2 Å². The highest BCUT2D eigenvalue weighted by atomic mass is 16.5. The van der Waals surface area contributed by atoms with Crippen molar-refractivity contribution in [2.24, 2.45) is 5.92 Å². The van der Waals surface area contributed by atoms with Crippen molar-refractivity contribution in [1.29, 1.82) is 0 Å². The van der Waals surface area contributed by atoms with Gasteiger partial charge < -0.3 is 9.84 Å². The molecule has 2 nitrogen and oxygen atoms in total. The van der Waals surface area contributed by atoms with Gasteiger partial charge in [-0.3, -0.25) is 0 Å². The van der Waals surface area contributed by atoms with Crippen LogP contribution in [0.4, 0.5) is 0 Å². The van der Waals surface area contributed by atoms with Crippen LogP contribution in [0.1, 0.15) is 44.6 Å². The Hall–Kier alpha value is -0.860. The fourth-order valence-electron chi connectivity index (χ4n) is 2.95. The molecule has 1 fully saturated rings. The lowest BCUT2D eigenvalue weighted by atomic mass is 9.79. The largest absolute Gasteiger partial charge is 0.385 e. The molecule has 100 valence electrons. The standard InChI is InChI=1S/C16H24O2/c1-2-10-16(17,15-6-4-3-5-7-15)13-14-8-11-18-12-9-14/h3-7,14,17H,2,8-13H2,1H3. The Morgan fingerprint density at radius 1 is 1.22 bits per heavy atom. The summed E-state index contributed by atoms with van der Waals surface area (Å²) in [4.78, 5) is 0.